The van der Waals surface area contributed by atoms with Gasteiger partial charge in [-0.15, -0.1) is 0 Å². The quantitative estimate of drug-likeness (QED) is 0.854. The lowest BCUT2D eigenvalue weighted by atomic mass is 10.0. The first kappa shape index (κ1) is 16.3. The number of nitrogens with two attached hydrogens (primary N) is 1. The van der Waals surface area contributed by atoms with Gasteiger partial charge in [0.05, 0.1) is 12.1 Å². The highest BCUT2D eigenvalue weighted by molar-refractivity contribution is 5.94. The first-order chi connectivity index (χ1) is 10.7. The van der Waals surface area contributed by atoms with Crippen LogP contribution >= 0.6 is 0 Å². The van der Waals surface area contributed by atoms with E-state index in [9.17, 15) is 4.79 Å². The summed E-state index contributed by atoms with van der Waals surface area (Å²) in [5.74, 6) is 0.643. The zero-order valence-electron chi connectivity index (χ0n) is 13.3. The highest BCUT2D eigenvalue weighted by Gasteiger charge is 2.23. The van der Waals surface area contributed by atoms with Crippen molar-refractivity contribution in [3.05, 3.63) is 59.5 Å². The third-order valence-corrected chi connectivity index (χ3v) is 3.93. The van der Waals surface area contributed by atoms with Crippen LogP contribution in [0.25, 0.3) is 0 Å². The van der Waals surface area contributed by atoms with Crippen LogP contribution in [0, 0.1) is 0 Å². The van der Waals surface area contributed by atoms with Gasteiger partial charge < -0.3 is 15.1 Å². The molecule has 0 saturated heterocycles. The van der Waals surface area contributed by atoms with Gasteiger partial charge in [-0.1, -0.05) is 37.3 Å². The molecule has 0 radical (unpaired) electrons. The van der Waals surface area contributed by atoms with E-state index in [1.165, 1.54) is 11.8 Å². The standard InChI is InChI=1S/C18H24N2O2/c1-3-16(10-14-8-6-5-7-9-14)20(4-2)18(21)15-11-17(12-19)22-13-15/h5-9,11,13,16H,3-4,10,12,19H2,1-2H3. The molecule has 2 rings (SSSR count). The minimum Gasteiger partial charge on any atom is -0.467 e. The summed E-state index contributed by atoms with van der Waals surface area (Å²) in [5.41, 5.74) is 7.36. The molecule has 4 heteroatoms. The van der Waals surface area contributed by atoms with Crippen LogP contribution in [0.15, 0.2) is 47.1 Å². The van der Waals surface area contributed by atoms with Crippen molar-refractivity contribution in [1.82, 2.24) is 4.90 Å². The molecule has 0 aliphatic rings. The fraction of sp³-hybridized carbons (Fsp3) is 0.389. The van der Waals surface area contributed by atoms with Gasteiger partial charge in [-0.2, -0.15) is 0 Å². The van der Waals surface area contributed by atoms with E-state index in [1.807, 2.05) is 30.0 Å². The Kier molecular flexibility index (Phi) is 5.78. The second-order valence-corrected chi connectivity index (χ2v) is 5.35. The van der Waals surface area contributed by atoms with Crippen molar-refractivity contribution in [3.63, 3.8) is 0 Å². The number of carbonyl (C=O) groups is 1. The highest BCUT2D eigenvalue weighted by atomic mass is 16.3. The fourth-order valence-electron chi connectivity index (χ4n) is 2.69. The molecular formula is C18H24N2O2. The lowest BCUT2D eigenvalue weighted by Gasteiger charge is -2.30. The van der Waals surface area contributed by atoms with Crippen LogP contribution in [0.3, 0.4) is 0 Å². The van der Waals surface area contributed by atoms with Gasteiger partial charge in [-0.25, -0.2) is 0 Å². The maximum Gasteiger partial charge on any atom is 0.257 e. The summed E-state index contributed by atoms with van der Waals surface area (Å²) in [5, 5.41) is 0. The number of rotatable bonds is 7. The summed E-state index contributed by atoms with van der Waals surface area (Å²) in [4.78, 5) is 14.6. The summed E-state index contributed by atoms with van der Waals surface area (Å²) in [7, 11) is 0. The summed E-state index contributed by atoms with van der Waals surface area (Å²) in [6.45, 7) is 5.10. The van der Waals surface area contributed by atoms with Crippen molar-refractivity contribution >= 4 is 5.91 Å². The molecule has 1 heterocycles. The summed E-state index contributed by atoms with van der Waals surface area (Å²) < 4.78 is 5.29. The highest BCUT2D eigenvalue weighted by Crippen LogP contribution is 2.17. The summed E-state index contributed by atoms with van der Waals surface area (Å²) in [6, 6.07) is 12.2. The number of hydrogen-bond donors (Lipinski definition) is 1. The predicted octanol–water partition coefficient (Wildman–Crippen LogP) is 3.22. The molecule has 118 valence electrons. The number of hydrogen-bond acceptors (Lipinski definition) is 3. The lowest BCUT2D eigenvalue weighted by Crippen LogP contribution is -2.41. The van der Waals surface area contributed by atoms with Crippen molar-refractivity contribution in [2.75, 3.05) is 6.54 Å². The number of benzene rings is 1. The van der Waals surface area contributed by atoms with Crippen LogP contribution in [-0.2, 0) is 13.0 Å². The minimum atomic E-state index is 0.00808. The largest absolute Gasteiger partial charge is 0.467 e. The van der Waals surface area contributed by atoms with Gasteiger partial charge in [0.2, 0.25) is 0 Å². The monoisotopic (exact) mass is 300 g/mol. The average molecular weight is 300 g/mol. The van der Waals surface area contributed by atoms with Crippen LogP contribution in [0.5, 0.6) is 0 Å². The van der Waals surface area contributed by atoms with Gasteiger partial charge in [0.25, 0.3) is 5.91 Å². The number of likely N-dealkylation sites (N-methyl/N-ethyl adjacent to an activating group) is 1. The third kappa shape index (κ3) is 3.77. The van der Waals surface area contributed by atoms with E-state index in [0.29, 0.717) is 24.4 Å². The van der Waals surface area contributed by atoms with E-state index in [2.05, 4.69) is 19.1 Å². The van der Waals surface area contributed by atoms with E-state index in [0.717, 1.165) is 12.8 Å². The van der Waals surface area contributed by atoms with Crippen LogP contribution < -0.4 is 5.73 Å². The van der Waals surface area contributed by atoms with E-state index in [1.54, 1.807) is 6.07 Å². The molecular weight excluding hydrogens is 276 g/mol. The molecule has 2 N–H and O–H groups in total. The Labute approximate surface area is 131 Å². The molecule has 0 aliphatic carbocycles. The number of nitrogens with zero attached hydrogens (tertiary/aromatic N) is 1. The van der Waals surface area contributed by atoms with Crippen molar-refractivity contribution in [1.29, 1.82) is 0 Å². The minimum absolute atomic E-state index is 0.00808. The Morgan fingerprint density at radius 1 is 1.27 bits per heavy atom. The molecule has 1 atom stereocenters. The lowest BCUT2D eigenvalue weighted by molar-refractivity contribution is 0.0683. The second kappa shape index (κ2) is 7.80. The molecule has 1 aromatic carbocycles. The first-order valence-corrected chi connectivity index (χ1v) is 7.81. The zero-order chi connectivity index (χ0) is 15.9. The number of amides is 1. The Balaban J connectivity index is 2.15. The van der Waals surface area contributed by atoms with Crippen LogP contribution in [-0.4, -0.2) is 23.4 Å². The molecule has 1 aromatic heterocycles. The van der Waals surface area contributed by atoms with Gasteiger partial charge in [-0.3, -0.25) is 4.79 Å². The fourth-order valence-corrected chi connectivity index (χ4v) is 2.69. The van der Waals surface area contributed by atoms with Crippen molar-refractivity contribution in [3.8, 4) is 0 Å². The van der Waals surface area contributed by atoms with Crippen molar-refractivity contribution < 1.29 is 9.21 Å². The molecule has 4 nitrogen and oxygen atoms in total. The van der Waals surface area contributed by atoms with Crippen molar-refractivity contribution in [2.45, 2.75) is 39.3 Å². The van der Waals surface area contributed by atoms with E-state index >= 15 is 0 Å². The summed E-state index contributed by atoms with van der Waals surface area (Å²) >= 11 is 0. The summed E-state index contributed by atoms with van der Waals surface area (Å²) in [6.07, 6.45) is 3.27. The Hall–Kier alpha value is -2.07. The molecule has 0 spiro atoms. The maximum absolute atomic E-state index is 12.7. The number of carbonyl (C=O) groups excluding carboxylic acids is 1. The molecule has 0 saturated carbocycles. The average Bonchev–Trinajstić information content (AvgIpc) is 3.04. The molecule has 2 aromatic rings. The molecule has 0 fully saturated rings. The van der Waals surface area contributed by atoms with Gasteiger partial charge in [0.1, 0.15) is 12.0 Å². The molecule has 0 aliphatic heterocycles. The molecule has 22 heavy (non-hydrogen) atoms. The number of furan rings is 1. The smallest absolute Gasteiger partial charge is 0.257 e. The third-order valence-electron chi connectivity index (χ3n) is 3.93. The van der Waals surface area contributed by atoms with Gasteiger partial charge in [0, 0.05) is 12.6 Å². The van der Waals surface area contributed by atoms with Gasteiger partial charge in [0.15, 0.2) is 0 Å². The molecule has 0 bridgehead atoms. The first-order valence-electron chi connectivity index (χ1n) is 7.81. The van der Waals surface area contributed by atoms with Gasteiger partial charge >= 0.3 is 0 Å². The Morgan fingerprint density at radius 3 is 2.55 bits per heavy atom. The Morgan fingerprint density at radius 2 is 2.00 bits per heavy atom. The van der Waals surface area contributed by atoms with Crippen LogP contribution in [0.4, 0.5) is 0 Å². The maximum atomic E-state index is 12.7. The normalized spacial score (nSPS) is 12.1. The van der Waals surface area contributed by atoms with Gasteiger partial charge in [-0.05, 0) is 31.4 Å². The van der Waals surface area contributed by atoms with E-state index in [-0.39, 0.29) is 11.9 Å². The second-order valence-electron chi connectivity index (χ2n) is 5.35. The molecule has 1 amide bonds. The zero-order valence-corrected chi connectivity index (χ0v) is 13.3. The van der Waals surface area contributed by atoms with Crippen LogP contribution in [0.1, 0.15) is 41.9 Å². The van der Waals surface area contributed by atoms with Crippen molar-refractivity contribution in [2.24, 2.45) is 5.73 Å². The SMILES string of the molecule is CCC(Cc1ccccc1)N(CC)C(=O)c1coc(CN)c1. The van der Waals surface area contributed by atoms with Crippen LogP contribution in [0.2, 0.25) is 0 Å². The molecule has 1 unspecified atom stereocenters. The topological polar surface area (TPSA) is 59.5 Å². The Bertz CT molecular complexity index is 592. The van der Waals surface area contributed by atoms with E-state index < -0.39 is 0 Å². The van der Waals surface area contributed by atoms with E-state index in [4.69, 9.17) is 10.2 Å². The predicted molar refractivity (Wildman–Crippen MR) is 87.5 cm³/mol.